The fourth-order valence-electron chi connectivity index (χ4n) is 4.89. The van der Waals surface area contributed by atoms with Gasteiger partial charge in [-0.25, -0.2) is 19.6 Å². The van der Waals surface area contributed by atoms with Crippen molar-refractivity contribution in [1.82, 2.24) is 19.3 Å². The number of ether oxygens (including phenoxy) is 2. The van der Waals surface area contributed by atoms with Crippen LogP contribution in [-0.2, 0) is 16.0 Å². The molecule has 0 radical (unpaired) electrons. The van der Waals surface area contributed by atoms with Crippen LogP contribution in [0.3, 0.4) is 0 Å². The van der Waals surface area contributed by atoms with E-state index >= 15 is 0 Å². The standard InChI is InChI=1S/C32H33N5O4/c1-21-6-8-24(9-7-21)28-27(23-10-12-25(33-5)13-11-23)35-30(29-34-26(15-17-38)19-37(28)29)40-20-22-14-16-36(18-22)31(39)41-32(2,3)4/h6-13,17,19,22H,14-16,18,20H2,1-4H3/t22-/m1/s1. The van der Waals surface area contributed by atoms with E-state index in [0.29, 0.717) is 48.3 Å². The lowest BCUT2D eigenvalue weighted by Crippen LogP contribution is -2.35. The summed E-state index contributed by atoms with van der Waals surface area (Å²) < 4.78 is 13.8. The minimum Gasteiger partial charge on any atom is -0.475 e. The van der Waals surface area contributed by atoms with Crippen LogP contribution in [0.15, 0.2) is 54.7 Å². The molecule has 0 bridgehead atoms. The van der Waals surface area contributed by atoms with E-state index in [1.165, 1.54) is 0 Å². The van der Waals surface area contributed by atoms with E-state index in [2.05, 4.69) is 4.85 Å². The van der Waals surface area contributed by atoms with Crippen LogP contribution in [0.5, 0.6) is 5.88 Å². The third-order valence-corrected chi connectivity index (χ3v) is 6.91. The lowest BCUT2D eigenvalue weighted by Gasteiger charge is -2.24. The van der Waals surface area contributed by atoms with Crippen molar-refractivity contribution < 1.29 is 19.1 Å². The fraction of sp³-hybridized carbons (Fsp3) is 0.344. The van der Waals surface area contributed by atoms with Crippen LogP contribution < -0.4 is 4.74 Å². The zero-order valence-electron chi connectivity index (χ0n) is 23.8. The first-order valence-electron chi connectivity index (χ1n) is 13.7. The molecule has 5 rings (SSSR count). The van der Waals surface area contributed by atoms with E-state index in [1.54, 1.807) is 17.0 Å². The molecule has 4 aromatic rings. The Bertz CT molecular complexity index is 1610. The number of aldehydes is 1. The maximum atomic E-state index is 12.6. The van der Waals surface area contributed by atoms with Gasteiger partial charge in [0, 0.05) is 37.2 Å². The van der Waals surface area contributed by atoms with Gasteiger partial charge in [-0.1, -0.05) is 54.1 Å². The molecule has 2 aromatic carbocycles. The molecule has 9 nitrogen and oxygen atoms in total. The number of carbonyl (C=O) groups is 2. The Morgan fingerprint density at radius 3 is 2.46 bits per heavy atom. The van der Waals surface area contributed by atoms with Crippen LogP contribution in [0.1, 0.15) is 38.4 Å². The molecular weight excluding hydrogens is 518 g/mol. The smallest absolute Gasteiger partial charge is 0.410 e. The largest absolute Gasteiger partial charge is 0.475 e. The van der Waals surface area contributed by atoms with Crippen LogP contribution in [0.25, 0.3) is 33.0 Å². The van der Waals surface area contributed by atoms with Gasteiger partial charge in [-0.15, -0.1) is 0 Å². The number of hydrogen-bond acceptors (Lipinski definition) is 6. The number of likely N-dealkylation sites (tertiary alicyclic amines) is 1. The number of carbonyl (C=O) groups excluding carboxylic acids is 2. The topological polar surface area (TPSA) is 90.4 Å². The van der Waals surface area contributed by atoms with Gasteiger partial charge in [0.05, 0.1) is 30.3 Å². The number of benzene rings is 2. The highest BCUT2D eigenvalue weighted by atomic mass is 16.6. The van der Waals surface area contributed by atoms with Gasteiger partial charge in [0.15, 0.2) is 5.69 Å². The van der Waals surface area contributed by atoms with Crippen LogP contribution in [-0.4, -0.2) is 56.9 Å². The molecule has 0 unspecified atom stereocenters. The normalized spacial score (nSPS) is 15.1. The molecular formula is C32H33N5O4. The van der Waals surface area contributed by atoms with Gasteiger partial charge in [0.2, 0.25) is 5.65 Å². The molecule has 2 aromatic heterocycles. The van der Waals surface area contributed by atoms with E-state index in [0.717, 1.165) is 35.1 Å². The van der Waals surface area contributed by atoms with E-state index < -0.39 is 5.60 Å². The summed E-state index contributed by atoms with van der Waals surface area (Å²) in [4.78, 5) is 38.9. The number of amides is 1. The Hall–Kier alpha value is -4.71. The number of rotatable bonds is 7. The van der Waals surface area contributed by atoms with Crippen molar-refractivity contribution in [2.45, 2.75) is 46.1 Å². The van der Waals surface area contributed by atoms with Crippen molar-refractivity contribution >= 4 is 23.7 Å². The van der Waals surface area contributed by atoms with Gasteiger partial charge in [0.25, 0.3) is 5.88 Å². The number of imidazole rings is 1. The zero-order chi connectivity index (χ0) is 29.1. The molecule has 0 saturated carbocycles. The third kappa shape index (κ3) is 6.22. The summed E-state index contributed by atoms with van der Waals surface area (Å²) in [7, 11) is 0. The van der Waals surface area contributed by atoms with Crippen molar-refractivity contribution in [3.63, 3.8) is 0 Å². The lowest BCUT2D eigenvalue weighted by molar-refractivity contribution is -0.107. The monoisotopic (exact) mass is 551 g/mol. The van der Waals surface area contributed by atoms with E-state index in [1.807, 2.05) is 74.7 Å². The van der Waals surface area contributed by atoms with Gasteiger partial charge in [-0.2, -0.15) is 0 Å². The summed E-state index contributed by atoms with van der Waals surface area (Å²) in [6.07, 6.45) is 3.31. The van der Waals surface area contributed by atoms with E-state index in [-0.39, 0.29) is 18.4 Å². The number of hydrogen-bond donors (Lipinski definition) is 0. The third-order valence-electron chi connectivity index (χ3n) is 6.91. The van der Waals surface area contributed by atoms with Crippen molar-refractivity contribution in [2.24, 2.45) is 5.92 Å². The minimum absolute atomic E-state index is 0.104. The lowest BCUT2D eigenvalue weighted by atomic mass is 10.0. The van der Waals surface area contributed by atoms with Crippen molar-refractivity contribution in [1.29, 1.82) is 0 Å². The highest BCUT2D eigenvalue weighted by Crippen LogP contribution is 2.36. The molecule has 1 amide bonds. The second-order valence-corrected chi connectivity index (χ2v) is 11.3. The molecule has 41 heavy (non-hydrogen) atoms. The molecule has 210 valence electrons. The number of nitrogens with zero attached hydrogens (tertiary/aromatic N) is 5. The van der Waals surface area contributed by atoms with E-state index in [9.17, 15) is 9.59 Å². The minimum atomic E-state index is -0.552. The maximum Gasteiger partial charge on any atom is 0.410 e. The first kappa shape index (κ1) is 27.8. The Balaban J connectivity index is 1.54. The average molecular weight is 552 g/mol. The number of aryl methyl sites for hydroxylation is 1. The first-order valence-corrected chi connectivity index (χ1v) is 13.7. The molecule has 0 N–H and O–H groups in total. The Morgan fingerprint density at radius 1 is 1.10 bits per heavy atom. The summed E-state index contributed by atoms with van der Waals surface area (Å²) >= 11 is 0. The number of aromatic nitrogens is 3. The van der Waals surface area contributed by atoms with Crippen LogP contribution in [0.4, 0.5) is 10.5 Å². The Morgan fingerprint density at radius 2 is 1.80 bits per heavy atom. The first-order chi connectivity index (χ1) is 19.6. The molecule has 1 fully saturated rings. The quantitative estimate of drug-likeness (QED) is 0.198. The molecule has 3 heterocycles. The summed E-state index contributed by atoms with van der Waals surface area (Å²) in [6, 6.07) is 15.4. The highest BCUT2D eigenvalue weighted by molar-refractivity contribution is 5.82. The summed E-state index contributed by atoms with van der Waals surface area (Å²) in [5.74, 6) is 0.449. The van der Waals surface area contributed by atoms with E-state index in [4.69, 9.17) is 26.0 Å². The average Bonchev–Trinajstić information content (AvgIpc) is 3.59. The predicted octanol–water partition coefficient (Wildman–Crippen LogP) is 6.30. The van der Waals surface area contributed by atoms with Gasteiger partial charge in [0.1, 0.15) is 11.9 Å². The molecule has 1 aliphatic heterocycles. The summed E-state index contributed by atoms with van der Waals surface area (Å²) in [6.45, 7) is 16.4. The van der Waals surface area contributed by atoms with Gasteiger partial charge < -0.3 is 19.2 Å². The number of fused-ring (bicyclic) bond motifs is 1. The van der Waals surface area contributed by atoms with Crippen molar-refractivity contribution in [2.75, 3.05) is 19.7 Å². The molecule has 1 aliphatic rings. The van der Waals surface area contributed by atoms with Crippen LogP contribution in [0, 0.1) is 19.4 Å². The SMILES string of the molecule is [C-]#[N+]c1ccc(-c2nc(OC[C@@H]3CCN(C(=O)OC(C)(C)C)C3)c3nc(CC=O)cn3c2-c2ccc(C)cc2)cc1. The highest BCUT2D eigenvalue weighted by Gasteiger charge is 2.31. The summed E-state index contributed by atoms with van der Waals surface area (Å²) in [5.41, 5.74) is 5.47. The second kappa shape index (κ2) is 11.4. The van der Waals surface area contributed by atoms with Gasteiger partial charge in [-0.3, -0.25) is 4.40 Å². The van der Waals surface area contributed by atoms with Crippen molar-refractivity contribution in [3.05, 3.63) is 77.4 Å². The Kier molecular flexibility index (Phi) is 7.75. The molecule has 0 aliphatic carbocycles. The summed E-state index contributed by atoms with van der Waals surface area (Å²) in [5, 5.41) is 0. The zero-order valence-corrected chi connectivity index (χ0v) is 23.8. The van der Waals surface area contributed by atoms with Gasteiger partial charge >= 0.3 is 6.09 Å². The molecule has 9 heteroatoms. The second-order valence-electron chi connectivity index (χ2n) is 11.3. The molecule has 1 saturated heterocycles. The van der Waals surface area contributed by atoms with Crippen LogP contribution in [0.2, 0.25) is 0 Å². The van der Waals surface area contributed by atoms with Crippen molar-refractivity contribution in [3.8, 4) is 28.4 Å². The predicted molar refractivity (Wildman–Crippen MR) is 156 cm³/mol. The maximum absolute atomic E-state index is 12.6. The fourth-order valence-corrected chi connectivity index (χ4v) is 4.89. The van der Waals surface area contributed by atoms with Crippen LogP contribution >= 0.6 is 0 Å². The molecule has 1 atom stereocenters. The molecule has 0 spiro atoms. The van der Waals surface area contributed by atoms with Gasteiger partial charge in [-0.05, 0) is 39.7 Å². The Labute approximate surface area is 239 Å².